The van der Waals surface area contributed by atoms with Crippen LogP contribution in [0.1, 0.15) is 37.3 Å². The highest BCUT2D eigenvalue weighted by atomic mass is 19.1. The van der Waals surface area contributed by atoms with E-state index >= 15 is 0 Å². The number of nitrogens with zero attached hydrogens (tertiary/aromatic N) is 2. The number of halogens is 1. The van der Waals surface area contributed by atoms with Gasteiger partial charge in [-0.15, -0.1) is 0 Å². The molecule has 1 N–H and O–H groups in total. The molecule has 1 saturated heterocycles. The van der Waals surface area contributed by atoms with Crippen LogP contribution in [0.2, 0.25) is 0 Å². The molecule has 2 atom stereocenters. The normalized spacial score (nSPS) is 16.9. The van der Waals surface area contributed by atoms with Crippen LogP contribution >= 0.6 is 0 Å². The zero-order valence-electron chi connectivity index (χ0n) is 21.2. The Morgan fingerprint density at radius 3 is 2.60 bits per heavy atom. The first-order valence-corrected chi connectivity index (χ1v) is 12.7. The summed E-state index contributed by atoms with van der Waals surface area (Å²) in [6.07, 6.45) is 7.16. The van der Waals surface area contributed by atoms with E-state index in [4.69, 9.17) is 4.74 Å². The maximum atomic E-state index is 13.4. The maximum absolute atomic E-state index is 13.4. The number of aryl methyl sites for hydroxylation is 1. The zero-order valence-corrected chi connectivity index (χ0v) is 21.2. The first kappa shape index (κ1) is 25.4. The minimum Gasteiger partial charge on any atom is -0.375 e. The number of methoxy groups -OCH3 is 1. The Morgan fingerprint density at radius 2 is 1.89 bits per heavy atom. The topological polar surface area (TPSA) is 48.6 Å². The molecule has 2 heterocycles. The predicted molar refractivity (Wildman–Crippen MR) is 139 cm³/mol. The average Bonchev–Trinajstić information content (AvgIpc) is 3.30. The van der Waals surface area contributed by atoms with Crippen molar-refractivity contribution < 1.29 is 13.9 Å². The summed E-state index contributed by atoms with van der Waals surface area (Å²) in [5.74, 6) is 0.168. The molecule has 0 radical (unpaired) electrons. The Balaban J connectivity index is 1.35. The molecule has 0 saturated carbocycles. The second kappa shape index (κ2) is 11.8. The third-order valence-corrected chi connectivity index (χ3v) is 7.76. The lowest BCUT2D eigenvalue weighted by Crippen LogP contribution is -2.49. The molecular formula is C29H38FN3O2. The van der Waals surface area contributed by atoms with Gasteiger partial charge in [0.15, 0.2) is 0 Å². The van der Waals surface area contributed by atoms with Crippen LogP contribution in [0.3, 0.4) is 0 Å². The van der Waals surface area contributed by atoms with E-state index in [1.165, 1.54) is 28.6 Å². The van der Waals surface area contributed by atoms with Gasteiger partial charge in [-0.1, -0.05) is 30.3 Å². The SMILES string of the molecule is COCC(=O)N(C)C(Cc1ccc(F)cc1)C1CCN(C(C)CCc2c[nH]c3ccccc23)CC1. The van der Waals surface area contributed by atoms with Crippen molar-refractivity contribution in [2.75, 3.05) is 33.9 Å². The molecule has 1 aliphatic heterocycles. The summed E-state index contributed by atoms with van der Waals surface area (Å²) >= 11 is 0. The van der Waals surface area contributed by atoms with Gasteiger partial charge in [-0.3, -0.25) is 4.79 Å². The number of para-hydroxylation sites is 1. The van der Waals surface area contributed by atoms with Crippen molar-refractivity contribution in [2.45, 2.75) is 51.1 Å². The molecule has 1 fully saturated rings. The smallest absolute Gasteiger partial charge is 0.248 e. The highest BCUT2D eigenvalue weighted by molar-refractivity contribution is 5.83. The van der Waals surface area contributed by atoms with Crippen LogP contribution in [0, 0.1) is 11.7 Å². The number of hydrogen-bond acceptors (Lipinski definition) is 3. The van der Waals surface area contributed by atoms with E-state index in [1.807, 2.05) is 24.1 Å². The van der Waals surface area contributed by atoms with Crippen LogP contribution in [0.15, 0.2) is 54.7 Å². The lowest BCUT2D eigenvalue weighted by atomic mass is 9.84. The number of ether oxygens (including phenoxy) is 1. The van der Waals surface area contributed by atoms with Crippen LogP contribution in [0.5, 0.6) is 0 Å². The highest BCUT2D eigenvalue weighted by Gasteiger charge is 2.32. The van der Waals surface area contributed by atoms with Gasteiger partial charge < -0.3 is 19.5 Å². The second-order valence-corrected chi connectivity index (χ2v) is 9.96. The minimum atomic E-state index is -0.232. The van der Waals surface area contributed by atoms with Crippen molar-refractivity contribution in [1.82, 2.24) is 14.8 Å². The fourth-order valence-corrected chi connectivity index (χ4v) is 5.52. The molecule has 1 amide bonds. The molecule has 0 bridgehead atoms. The van der Waals surface area contributed by atoms with Crippen LogP contribution in [-0.4, -0.2) is 66.6 Å². The number of piperidine rings is 1. The van der Waals surface area contributed by atoms with E-state index in [9.17, 15) is 9.18 Å². The molecule has 0 spiro atoms. The van der Waals surface area contributed by atoms with Gasteiger partial charge in [0.2, 0.25) is 5.91 Å². The van der Waals surface area contributed by atoms with Gasteiger partial charge in [-0.05, 0) is 87.4 Å². The molecular weight excluding hydrogens is 441 g/mol. The molecule has 1 aromatic heterocycles. The second-order valence-electron chi connectivity index (χ2n) is 9.96. The number of fused-ring (bicyclic) bond motifs is 1. The Hall–Kier alpha value is -2.70. The van der Waals surface area contributed by atoms with Crippen molar-refractivity contribution >= 4 is 16.8 Å². The van der Waals surface area contributed by atoms with Crippen LogP contribution in [0.4, 0.5) is 4.39 Å². The first-order chi connectivity index (χ1) is 17.0. The summed E-state index contributed by atoms with van der Waals surface area (Å²) in [6, 6.07) is 15.7. The van der Waals surface area contributed by atoms with Gasteiger partial charge in [-0.2, -0.15) is 0 Å². The van der Waals surface area contributed by atoms with E-state index in [1.54, 1.807) is 7.11 Å². The number of aromatic amines is 1. The fourth-order valence-electron chi connectivity index (χ4n) is 5.52. The van der Waals surface area contributed by atoms with E-state index in [0.29, 0.717) is 12.0 Å². The van der Waals surface area contributed by atoms with Crippen LogP contribution in [-0.2, 0) is 22.4 Å². The molecule has 35 heavy (non-hydrogen) atoms. The molecule has 3 aromatic rings. The van der Waals surface area contributed by atoms with Gasteiger partial charge in [-0.25, -0.2) is 4.39 Å². The number of aromatic nitrogens is 1. The largest absolute Gasteiger partial charge is 0.375 e. The molecule has 4 rings (SSSR count). The summed E-state index contributed by atoms with van der Waals surface area (Å²) in [4.78, 5) is 20.5. The van der Waals surface area contributed by atoms with Crippen molar-refractivity contribution in [3.63, 3.8) is 0 Å². The van der Waals surface area contributed by atoms with Crippen LogP contribution in [0.25, 0.3) is 10.9 Å². The summed E-state index contributed by atoms with van der Waals surface area (Å²) < 4.78 is 18.5. The quantitative estimate of drug-likeness (QED) is 0.442. The molecule has 5 nitrogen and oxygen atoms in total. The number of rotatable bonds is 10. The summed E-state index contributed by atoms with van der Waals surface area (Å²) in [6.45, 7) is 4.48. The van der Waals surface area contributed by atoms with Gasteiger partial charge in [0.25, 0.3) is 0 Å². The van der Waals surface area contributed by atoms with Crippen molar-refractivity contribution in [2.24, 2.45) is 5.92 Å². The Labute approximate surface area is 208 Å². The van der Waals surface area contributed by atoms with Gasteiger partial charge in [0.05, 0.1) is 0 Å². The lowest BCUT2D eigenvalue weighted by Gasteiger charge is -2.42. The third kappa shape index (κ3) is 6.30. The Bertz CT molecular complexity index is 1090. The zero-order chi connectivity index (χ0) is 24.8. The maximum Gasteiger partial charge on any atom is 0.248 e. The number of amides is 1. The van der Waals surface area contributed by atoms with Gasteiger partial charge in [0.1, 0.15) is 12.4 Å². The number of H-pyrrole nitrogens is 1. The van der Waals surface area contributed by atoms with Crippen molar-refractivity contribution in [3.05, 3.63) is 71.7 Å². The highest BCUT2D eigenvalue weighted by Crippen LogP contribution is 2.29. The molecule has 0 aliphatic carbocycles. The number of likely N-dealkylation sites (N-methyl/N-ethyl adjacent to an activating group) is 1. The number of benzene rings is 2. The fraction of sp³-hybridized carbons (Fsp3) is 0.483. The minimum absolute atomic E-state index is 0.00543. The lowest BCUT2D eigenvalue weighted by molar-refractivity contribution is -0.137. The number of nitrogens with one attached hydrogen (secondary N) is 1. The number of likely N-dealkylation sites (tertiary alicyclic amines) is 1. The van der Waals surface area contributed by atoms with Crippen LogP contribution < -0.4 is 0 Å². The van der Waals surface area contributed by atoms with Crippen molar-refractivity contribution in [3.8, 4) is 0 Å². The molecule has 1 aliphatic rings. The molecule has 2 unspecified atom stereocenters. The number of carbonyl (C=O) groups excluding carboxylic acids is 1. The summed E-state index contributed by atoms with van der Waals surface area (Å²) in [5.41, 5.74) is 3.65. The Morgan fingerprint density at radius 1 is 1.17 bits per heavy atom. The predicted octanol–water partition coefficient (Wildman–Crippen LogP) is 5.06. The molecule has 2 aromatic carbocycles. The Kier molecular flexibility index (Phi) is 8.58. The van der Waals surface area contributed by atoms with E-state index in [-0.39, 0.29) is 24.4 Å². The van der Waals surface area contributed by atoms with Crippen molar-refractivity contribution in [1.29, 1.82) is 0 Å². The average molecular weight is 480 g/mol. The van der Waals surface area contributed by atoms with E-state index in [2.05, 4.69) is 47.3 Å². The van der Waals surface area contributed by atoms with Gasteiger partial charge >= 0.3 is 0 Å². The first-order valence-electron chi connectivity index (χ1n) is 12.7. The number of hydrogen-bond donors (Lipinski definition) is 1. The third-order valence-electron chi connectivity index (χ3n) is 7.76. The monoisotopic (exact) mass is 479 g/mol. The standard InChI is InChI=1S/C29H38FN3O2/c1-21(8-11-24-19-31-27-7-5-4-6-26(24)27)33-16-14-23(15-17-33)28(32(2)29(34)20-35-3)18-22-9-12-25(30)13-10-22/h4-7,9-10,12-13,19,21,23,28,31H,8,11,14-18,20H2,1-3H3. The van der Waals surface area contributed by atoms with Gasteiger partial charge in [0, 0.05) is 43.3 Å². The number of carbonyl (C=O) groups is 1. The summed E-state index contributed by atoms with van der Waals surface area (Å²) in [7, 11) is 3.43. The molecule has 188 valence electrons. The summed E-state index contributed by atoms with van der Waals surface area (Å²) in [5, 5.41) is 1.32. The van der Waals surface area contributed by atoms with E-state index in [0.717, 1.165) is 50.8 Å². The molecule has 6 heteroatoms. The van der Waals surface area contributed by atoms with E-state index < -0.39 is 0 Å².